The van der Waals surface area contributed by atoms with E-state index in [-0.39, 0.29) is 29.1 Å². The first-order chi connectivity index (χ1) is 29.2. The summed E-state index contributed by atoms with van der Waals surface area (Å²) >= 11 is 0. The minimum Gasteiger partial charge on any atom is -0.383 e. The number of aryl methyl sites for hydroxylation is 2. The Labute approximate surface area is 358 Å². The van der Waals surface area contributed by atoms with Crippen molar-refractivity contribution in [3.05, 3.63) is 99.7 Å². The van der Waals surface area contributed by atoms with E-state index in [1.807, 2.05) is 41.3 Å². The van der Waals surface area contributed by atoms with Crippen molar-refractivity contribution in [3.63, 3.8) is 0 Å². The van der Waals surface area contributed by atoms with Gasteiger partial charge in [-0.25, -0.2) is 4.98 Å². The highest BCUT2D eigenvalue weighted by atomic mass is 16.2. The summed E-state index contributed by atoms with van der Waals surface area (Å²) in [6.45, 7) is 15.9. The summed E-state index contributed by atoms with van der Waals surface area (Å²) in [6, 6.07) is 21.3. The molecule has 6 N–H and O–H groups in total. The molecule has 2 amide bonds. The van der Waals surface area contributed by atoms with Gasteiger partial charge in [-0.15, -0.1) is 0 Å². The molecule has 1 aliphatic carbocycles. The molecule has 2 saturated heterocycles. The van der Waals surface area contributed by atoms with Crippen molar-refractivity contribution in [1.29, 1.82) is 5.26 Å². The third-order valence-corrected chi connectivity index (χ3v) is 13.6. The van der Waals surface area contributed by atoms with E-state index in [9.17, 15) is 19.6 Å². The Kier molecular flexibility index (Phi) is 11.4. The van der Waals surface area contributed by atoms with Crippen molar-refractivity contribution in [2.45, 2.75) is 90.6 Å². The number of nitrogens with one attached hydrogen (secondary N) is 2. The van der Waals surface area contributed by atoms with Crippen LogP contribution in [-0.4, -0.2) is 95.3 Å². The van der Waals surface area contributed by atoms with Crippen molar-refractivity contribution >= 4 is 50.9 Å². The number of rotatable bonds is 12. The van der Waals surface area contributed by atoms with Crippen molar-refractivity contribution in [3.8, 4) is 6.07 Å². The zero-order valence-corrected chi connectivity index (χ0v) is 36.2. The molecule has 318 valence electrons. The van der Waals surface area contributed by atoms with Gasteiger partial charge >= 0.3 is 0 Å². The lowest BCUT2D eigenvalue weighted by atomic mass is 9.70. The van der Waals surface area contributed by atoms with Gasteiger partial charge in [-0.05, 0) is 97.2 Å². The zero-order chi connectivity index (χ0) is 43.2. The van der Waals surface area contributed by atoms with E-state index in [1.165, 1.54) is 0 Å². The summed E-state index contributed by atoms with van der Waals surface area (Å²) in [4.78, 5) is 55.6. The third-order valence-electron chi connectivity index (χ3n) is 13.6. The van der Waals surface area contributed by atoms with Crippen LogP contribution in [-0.2, 0) is 27.8 Å². The van der Waals surface area contributed by atoms with Gasteiger partial charge in [0.2, 0.25) is 11.8 Å². The molecule has 2 atom stereocenters. The van der Waals surface area contributed by atoms with Gasteiger partial charge in [-0.2, -0.15) is 5.26 Å². The van der Waals surface area contributed by atoms with Gasteiger partial charge in [0.05, 0.1) is 28.8 Å². The van der Waals surface area contributed by atoms with Crippen LogP contribution in [0.1, 0.15) is 104 Å². The van der Waals surface area contributed by atoms with Crippen molar-refractivity contribution in [1.82, 2.24) is 25.1 Å². The number of nitrogens with zero attached hydrogens (tertiary/aromatic N) is 5. The number of H-pyrrole nitrogens is 1. The first-order valence-corrected chi connectivity index (χ1v) is 21.9. The number of para-hydroxylation sites is 1. The predicted molar refractivity (Wildman–Crippen MR) is 242 cm³/mol. The fraction of sp³-hybridized carbons (Fsp3) is 0.449. The monoisotopic (exact) mass is 821 g/mol. The van der Waals surface area contributed by atoms with Crippen LogP contribution in [0, 0.1) is 16.7 Å². The van der Waals surface area contributed by atoms with Crippen molar-refractivity contribution < 1.29 is 14.4 Å². The molecule has 0 unspecified atom stereocenters. The molecule has 3 aliphatic rings. The van der Waals surface area contributed by atoms with Crippen LogP contribution in [0.4, 0.5) is 11.5 Å². The number of ketones is 1. The fourth-order valence-electron chi connectivity index (χ4n) is 9.93. The van der Waals surface area contributed by atoms with E-state index in [4.69, 9.17) is 11.5 Å². The Balaban J connectivity index is 0.814. The molecule has 12 nitrogen and oxygen atoms in total. The number of aromatic nitrogens is 2. The molecule has 61 heavy (non-hydrogen) atoms. The Bertz CT molecular complexity index is 2560. The van der Waals surface area contributed by atoms with E-state index in [1.54, 1.807) is 6.07 Å². The van der Waals surface area contributed by atoms with Gasteiger partial charge in [0.25, 0.3) is 0 Å². The molecule has 12 heteroatoms. The van der Waals surface area contributed by atoms with Crippen LogP contribution in [0.2, 0.25) is 0 Å². The summed E-state index contributed by atoms with van der Waals surface area (Å²) in [5.41, 5.74) is 20.8. The van der Waals surface area contributed by atoms with Crippen LogP contribution < -0.4 is 21.7 Å². The number of nitrogen functional groups attached to an aromatic ring is 1. The number of nitrogens with two attached hydrogens (primary N) is 2. The van der Waals surface area contributed by atoms with E-state index < -0.39 is 11.5 Å². The predicted octanol–water partition coefficient (Wildman–Crippen LogP) is 6.21. The molecule has 2 aliphatic heterocycles. The average Bonchev–Trinajstić information content (AvgIpc) is 3.78. The number of carbonyl (C=O) groups excluding carboxylic acids is 3. The highest BCUT2D eigenvalue weighted by Crippen LogP contribution is 2.46. The number of fused-ring (bicyclic) bond motifs is 5. The molecule has 0 bridgehead atoms. The number of pyridine rings is 1. The number of hydrogen-bond acceptors (Lipinski definition) is 9. The first-order valence-electron chi connectivity index (χ1n) is 21.9. The Morgan fingerprint density at radius 3 is 2.54 bits per heavy atom. The first kappa shape index (κ1) is 41.9. The van der Waals surface area contributed by atoms with Gasteiger partial charge in [0.1, 0.15) is 5.82 Å². The Morgan fingerprint density at radius 1 is 1.02 bits per heavy atom. The second kappa shape index (κ2) is 16.6. The smallest absolute Gasteiger partial charge is 0.237 e. The number of aromatic amines is 1. The lowest BCUT2D eigenvalue weighted by molar-refractivity contribution is -0.131. The minimum absolute atomic E-state index is 0.0167. The molecule has 0 saturated carbocycles. The molecule has 8 rings (SSSR count). The van der Waals surface area contributed by atoms with Crippen LogP contribution in [0.5, 0.6) is 0 Å². The SMILES string of the molecule is CCc1cc2c(cc1N1CCN(C(=O)CCCN3C[C@H](NC(=O)[C@@H](N)CCCc4cc5ccccc5nc4N)C(C)(C)C3)CC1)C(C)(C)c1[nH]c3cc(C#N)ccc3c1C2=O. The summed E-state index contributed by atoms with van der Waals surface area (Å²) < 4.78 is 0. The van der Waals surface area contributed by atoms with Gasteiger partial charge in [-0.3, -0.25) is 14.4 Å². The van der Waals surface area contributed by atoms with Gasteiger partial charge < -0.3 is 36.5 Å². The molecule has 5 aromatic rings. The van der Waals surface area contributed by atoms with E-state index in [0.717, 1.165) is 107 Å². The normalized spacial score (nSPS) is 18.8. The maximum Gasteiger partial charge on any atom is 0.237 e. The minimum atomic E-state index is -0.608. The number of benzene rings is 3. The number of amides is 2. The largest absolute Gasteiger partial charge is 0.383 e. The summed E-state index contributed by atoms with van der Waals surface area (Å²) in [5.74, 6) is 0.587. The quantitative estimate of drug-likeness (QED) is 0.114. The molecule has 0 spiro atoms. The highest BCUT2D eigenvalue weighted by molar-refractivity contribution is 6.20. The topological polar surface area (TPSA) is 177 Å². The van der Waals surface area contributed by atoms with Crippen LogP contribution in [0.25, 0.3) is 21.8 Å². The van der Waals surface area contributed by atoms with Crippen LogP contribution >= 0.6 is 0 Å². The maximum absolute atomic E-state index is 14.1. The molecular formula is C49H59N9O3. The number of carbonyl (C=O) groups is 3. The number of likely N-dealkylation sites (tertiary alicyclic amines) is 1. The molecule has 3 aromatic carbocycles. The lowest BCUT2D eigenvalue weighted by Gasteiger charge is -2.39. The molecular weight excluding hydrogens is 763 g/mol. The molecule has 2 aromatic heterocycles. The number of anilines is 2. The second-order valence-corrected chi connectivity index (χ2v) is 18.6. The van der Waals surface area contributed by atoms with Gasteiger partial charge in [0, 0.05) is 90.4 Å². The summed E-state index contributed by atoms with van der Waals surface area (Å²) in [6.07, 6.45) is 4.01. The Hall–Kier alpha value is -5.77. The standard InChI is InChI=1S/C49H59N9O3/c1-6-31-25-35-36(49(4,5)45-43(44(35)60)34-17-16-30(27-50)23-39(34)53-45)26-40(31)57-19-21-58(22-20-57)42(59)15-10-18-56-28-41(48(2,3)29-56)55-47(61)37(51)13-9-12-33-24-32-11-7-8-14-38(32)54-46(33)52/h7-8,11,14,16-17,23-26,37,41,53H,6,9-10,12-13,15,18-22,28-29,51H2,1-5H3,(H2,52,54)(H,55,61)/t37-,41-/m0/s1. The summed E-state index contributed by atoms with van der Waals surface area (Å²) in [7, 11) is 0. The Morgan fingerprint density at radius 2 is 1.79 bits per heavy atom. The molecule has 4 heterocycles. The summed E-state index contributed by atoms with van der Waals surface area (Å²) in [5, 5.41) is 14.6. The highest BCUT2D eigenvalue weighted by Gasteiger charge is 2.42. The maximum atomic E-state index is 14.1. The molecule has 2 fully saturated rings. The lowest BCUT2D eigenvalue weighted by Crippen LogP contribution is -2.50. The van der Waals surface area contributed by atoms with E-state index in [0.29, 0.717) is 49.3 Å². The number of nitriles is 1. The van der Waals surface area contributed by atoms with E-state index in [2.05, 4.69) is 84.0 Å². The van der Waals surface area contributed by atoms with E-state index >= 15 is 0 Å². The fourth-order valence-corrected chi connectivity index (χ4v) is 9.93. The second-order valence-electron chi connectivity index (χ2n) is 18.6. The van der Waals surface area contributed by atoms with Gasteiger partial charge in [0.15, 0.2) is 5.78 Å². The van der Waals surface area contributed by atoms with Crippen molar-refractivity contribution in [2.24, 2.45) is 11.1 Å². The third kappa shape index (κ3) is 8.09. The van der Waals surface area contributed by atoms with Crippen molar-refractivity contribution in [2.75, 3.05) is 56.4 Å². The zero-order valence-electron chi connectivity index (χ0n) is 36.2. The van der Waals surface area contributed by atoms with Gasteiger partial charge in [-0.1, -0.05) is 58.9 Å². The number of hydrogen-bond donors (Lipinski definition) is 4. The average molecular weight is 822 g/mol. The van der Waals surface area contributed by atoms with Crippen LogP contribution in [0.15, 0.2) is 60.7 Å². The molecule has 0 radical (unpaired) electrons. The van der Waals surface area contributed by atoms with Crippen LogP contribution in [0.3, 0.4) is 0 Å². The number of piperazine rings is 1.